The second-order valence-corrected chi connectivity index (χ2v) is 8.59. The van der Waals surface area contributed by atoms with E-state index in [0.717, 1.165) is 70.3 Å². The van der Waals surface area contributed by atoms with E-state index < -0.39 is 0 Å². The molecule has 0 bridgehead atoms. The Kier molecular flexibility index (Phi) is 10.1. The fraction of sp³-hybridized carbons (Fsp3) is 0.800. The van der Waals surface area contributed by atoms with E-state index in [1.54, 1.807) is 11.3 Å². The van der Waals surface area contributed by atoms with Gasteiger partial charge in [0.15, 0.2) is 5.96 Å². The first-order chi connectivity index (χ1) is 13.1. The van der Waals surface area contributed by atoms with E-state index in [9.17, 15) is 0 Å². The van der Waals surface area contributed by atoms with Crippen LogP contribution in [-0.4, -0.2) is 68.3 Å². The molecule has 1 saturated heterocycles. The number of hydrogen-bond acceptors (Lipinski definition) is 5. The van der Waals surface area contributed by atoms with E-state index >= 15 is 0 Å². The Labute approximate surface area is 168 Å². The van der Waals surface area contributed by atoms with Crippen molar-refractivity contribution in [2.45, 2.75) is 52.5 Å². The molecule has 27 heavy (non-hydrogen) atoms. The lowest BCUT2D eigenvalue weighted by atomic mass is 10.0. The lowest BCUT2D eigenvalue weighted by molar-refractivity contribution is 0.0132. The molecule has 6 nitrogen and oxygen atoms in total. The van der Waals surface area contributed by atoms with Gasteiger partial charge in [-0.3, -0.25) is 9.89 Å². The van der Waals surface area contributed by atoms with Crippen LogP contribution in [0.1, 0.15) is 43.8 Å². The van der Waals surface area contributed by atoms with Crippen LogP contribution in [0.4, 0.5) is 0 Å². The molecule has 1 aromatic rings. The number of hydrogen-bond donors (Lipinski definition) is 2. The first-order valence-corrected chi connectivity index (χ1v) is 11.1. The van der Waals surface area contributed by atoms with Gasteiger partial charge in [0.2, 0.25) is 0 Å². The molecule has 2 rings (SSSR count). The normalized spacial score (nSPS) is 17.3. The van der Waals surface area contributed by atoms with Crippen LogP contribution in [-0.2, 0) is 11.2 Å². The summed E-state index contributed by atoms with van der Waals surface area (Å²) >= 11 is 1.77. The number of nitrogens with zero attached hydrogens (tertiary/aromatic N) is 3. The van der Waals surface area contributed by atoms with Crippen molar-refractivity contribution in [3.05, 3.63) is 16.1 Å². The third-order valence-electron chi connectivity index (χ3n) is 4.81. The highest BCUT2D eigenvalue weighted by molar-refractivity contribution is 7.09. The van der Waals surface area contributed by atoms with E-state index in [0.29, 0.717) is 12.0 Å². The van der Waals surface area contributed by atoms with Crippen LogP contribution >= 0.6 is 11.3 Å². The molecule has 0 amide bonds. The van der Waals surface area contributed by atoms with Gasteiger partial charge in [-0.25, -0.2) is 4.98 Å². The molecule has 1 aliphatic rings. The first kappa shape index (κ1) is 22.1. The molecule has 0 radical (unpaired) electrons. The zero-order valence-electron chi connectivity index (χ0n) is 17.5. The summed E-state index contributed by atoms with van der Waals surface area (Å²) in [5.74, 6) is 1.59. The molecule has 1 fully saturated rings. The van der Waals surface area contributed by atoms with Crippen molar-refractivity contribution in [3.8, 4) is 0 Å². The number of morpholine rings is 1. The van der Waals surface area contributed by atoms with Crippen LogP contribution in [0, 0.1) is 12.8 Å². The summed E-state index contributed by atoms with van der Waals surface area (Å²) < 4.78 is 5.51. The number of unbranched alkanes of at least 4 members (excludes halogenated alkanes) is 1. The van der Waals surface area contributed by atoms with Crippen LogP contribution in [0.25, 0.3) is 0 Å². The van der Waals surface area contributed by atoms with Crippen LogP contribution in [0.5, 0.6) is 0 Å². The maximum Gasteiger partial charge on any atom is 0.191 e. The minimum Gasteiger partial charge on any atom is -0.379 e. The smallest absolute Gasteiger partial charge is 0.191 e. The number of rotatable bonds is 10. The van der Waals surface area contributed by atoms with Crippen molar-refractivity contribution >= 4 is 17.3 Å². The Balaban J connectivity index is 1.67. The standard InChI is InChI=1S/C20H37N5OS/c1-16(2)13-18(25-9-11-26-12-10-25)14-23-20(21-4)22-8-6-5-7-19-24-17(3)15-27-19/h15-16,18H,5-14H2,1-4H3,(H2,21,22,23). The minimum absolute atomic E-state index is 0.528. The van der Waals surface area contributed by atoms with Crippen molar-refractivity contribution in [1.29, 1.82) is 0 Å². The number of aryl methyl sites for hydroxylation is 2. The van der Waals surface area contributed by atoms with Crippen LogP contribution in [0.15, 0.2) is 10.4 Å². The molecule has 1 atom stereocenters. The minimum atomic E-state index is 0.528. The van der Waals surface area contributed by atoms with Gasteiger partial charge in [-0.15, -0.1) is 11.3 Å². The molecule has 2 heterocycles. The quantitative estimate of drug-likeness (QED) is 0.362. The highest BCUT2D eigenvalue weighted by Gasteiger charge is 2.22. The summed E-state index contributed by atoms with van der Waals surface area (Å²) in [5.41, 5.74) is 1.13. The average Bonchev–Trinajstić information content (AvgIpc) is 3.08. The molecule has 0 spiro atoms. The van der Waals surface area contributed by atoms with Gasteiger partial charge in [-0.05, 0) is 38.5 Å². The van der Waals surface area contributed by atoms with Crippen molar-refractivity contribution < 1.29 is 4.74 Å². The van der Waals surface area contributed by atoms with Crippen molar-refractivity contribution in [1.82, 2.24) is 20.5 Å². The maximum atomic E-state index is 5.51. The van der Waals surface area contributed by atoms with Gasteiger partial charge >= 0.3 is 0 Å². The molecule has 0 aromatic carbocycles. The van der Waals surface area contributed by atoms with E-state index in [1.165, 1.54) is 11.4 Å². The lowest BCUT2D eigenvalue weighted by Gasteiger charge is -2.35. The molecule has 0 aliphatic carbocycles. The largest absolute Gasteiger partial charge is 0.379 e. The zero-order chi connectivity index (χ0) is 19.5. The number of ether oxygens (including phenoxy) is 1. The summed E-state index contributed by atoms with van der Waals surface area (Å²) in [5, 5.41) is 10.4. The predicted molar refractivity (Wildman–Crippen MR) is 115 cm³/mol. The summed E-state index contributed by atoms with van der Waals surface area (Å²) in [7, 11) is 1.85. The van der Waals surface area contributed by atoms with Crippen LogP contribution in [0.2, 0.25) is 0 Å². The molecule has 1 unspecified atom stereocenters. The van der Waals surface area contributed by atoms with Gasteiger partial charge in [-0.2, -0.15) is 0 Å². The summed E-state index contributed by atoms with van der Waals surface area (Å²) in [6, 6.07) is 0.528. The maximum absolute atomic E-state index is 5.51. The summed E-state index contributed by atoms with van der Waals surface area (Å²) in [6.45, 7) is 12.3. The number of guanidine groups is 1. The van der Waals surface area contributed by atoms with E-state index in [4.69, 9.17) is 4.74 Å². The number of nitrogens with one attached hydrogen (secondary N) is 2. The van der Waals surface area contributed by atoms with Crippen molar-refractivity contribution in [2.75, 3.05) is 46.4 Å². The second kappa shape index (κ2) is 12.3. The molecule has 7 heteroatoms. The Morgan fingerprint density at radius 3 is 2.70 bits per heavy atom. The Hall–Kier alpha value is -1.18. The van der Waals surface area contributed by atoms with Crippen molar-refractivity contribution in [2.24, 2.45) is 10.9 Å². The van der Waals surface area contributed by atoms with E-state index in [1.807, 2.05) is 7.05 Å². The third-order valence-corrected chi connectivity index (χ3v) is 5.84. The van der Waals surface area contributed by atoms with E-state index in [-0.39, 0.29) is 0 Å². The fourth-order valence-electron chi connectivity index (χ4n) is 3.41. The SMILES string of the molecule is CN=C(NCCCCc1nc(C)cs1)NCC(CC(C)C)N1CCOCC1. The Morgan fingerprint density at radius 1 is 1.30 bits per heavy atom. The number of aliphatic imine (C=N–C) groups is 1. The van der Waals surface area contributed by atoms with Crippen LogP contribution in [0.3, 0.4) is 0 Å². The van der Waals surface area contributed by atoms with Gasteiger partial charge in [0, 0.05) is 50.3 Å². The van der Waals surface area contributed by atoms with E-state index in [2.05, 4.69) is 51.7 Å². The zero-order valence-corrected chi connectivity index (χ0v) is 18.3. The monoisotopic (exact) mass is 395 g/mol. The van der Waals surface area contributed by atoms with Gasteiger partial charge in [-0.1, -0.05) is 13.8 Å². The highest BCUT2D eigenvalue weighted by atomic mass is 32.1. The highest BCUT2D eigenvalue weighted by Crippen LogP contribution is 2.13. The molecule has 0 saturated carbocycles. The molecular weight excluding hydrogens is 358 g/mol. The number of thiazole rings is 1. The van der Waals surface area contributed by atoms with Gasteiger partial charge in [0.1, 0.15) is 0 Å². The molecule has 154 valence electrons. The topological polar surface area (TPSA) is 61.8 Å². The second-order valence-electron chi connectivity index (χ2n) is 7.65. The summed E-state index contributed by atoms with van der Waals surface area (Å²) in [6.07, 6.45) is 4.54. The average molecular weight is 396 g/mol. The lowest BCUT2D eigenvalue weighted by Crippen LogP contribution is -2.51. The molecule has 2 N–H and O–H groups in total. The van der Waals surface area contributed by atoms with Crippen molar-refractivity contribution in [3.63, 3.8) is 0 Å². The molecule has 1 aliphatic heterocycles. The summed E-state index contributed by atoms with van der Waals surface area (Å²) in [4.78, 5) is 11.5. The Bertz CT molecular complexity index is 554. The first-order valence-electron chi connectivity index (χ1n) is 10.3. The molecular formula is C20H37N5OS. The third kappa shape index (κ3) is 8.58. The van der Waals surface area contributed by atoms with Gasteiger partial charge in [0.25, 0.3) is 0 Å². The molecule has 1 aromatic heterocycles. The van der Waals surface area contributed by atoms with Crippen LogP contribution < -0.4 is 10.6 Å². The predicted octanol–water partition coefficient (Wildman–Crippen LogP) is 2.69. The Morgan fingerprint density at radius 2 is 2.07 bits per heavy atom. The number of aromatic nitrogens is 1. The van der Waals surface area contributed by atoms with Gasteiger partial charge in [0.05, 0.1) is 18.2 Å². The van der Waals surface area contributed by atoms with Gasteiger partial charge < -0.3 is 15.4 Å². The fourth-order valence-corrected chi connectivity index (χ4v) is 4.23.